The number of rotatable bonds is 1. The average Bonchev–Trinajstić information content (AvgIpc) is 3.44. The monoisotopic (exact) mass is 342 g/mol. The molecule has 0 aromatic rings. The smallest absolute Gasteiger partial charge is 0.334 e. The summed E-state index contributed by atoms with van der Waals surface area (Å²) in [5.74, 6) is 0.369. The Hall–Kier alpha value is -1.46. The first-order valence-corrected chi connectivity index (χ1v) is 9.38. The van der Waals surface area contributed by atoms with E-state index >= 15 is 0 Å². The maximum atomic E-state index is 13.3. The van der Waals surface area contributed by atoms with Gasteiger partial charge in [0, 0.05) is 11.0 Å². The summed E-state index contributed by atoms with van der Waals surface area (Å²) in [5, 5.41) is 0. The van der Waals surface area contributed by atoms with Crippen molar-refractivity contribution in [3.05, 3.63) is 22.8 Å². The summed E-state index contributed by atoms with van der Waals surface area (Å²) in [5.41, 5.74) is 1.35. The van der Waals surface area contributed by atoms with Gasteiger partial charge in [0.15, 0.2) is 11.4 Å². The lowest BCUT2D eigenvalue weighted by atomic mass is 9.48. The summed E-state index contributed by atoms with van der Waals surface area (Å²) in [4.78, 5) is 25.3. The van der Waals surface area contributed by atoms with Gasteiger partial charge >= 0.3 is 5.97 Å². The summed E-state index contributed by atoms with van der Waals surface area (Å²) in [6.07, 6.45) is 4.27. The van der Waals surface area contributed by atoms with Gasteiger partial charge in [0.1, 0.15) is 18.3 Å². The fraction of sp³-hybridized carbons (Fsp3) is 0.700. The van der Waals surface area contributed by atoms with Crippen LogP contribution in [-0.4, -0.2) is 41.8 Å². The van der Waals surface area contributed by atoms with E-state index in [2.05, 4.69) is 20.8 Å². The standard InChI is InChI=1S/C20H22O5/c1-9(2)11-6-15-20(25-15)18(3)5-4-10-12(8-23-17(10)22)13(18)7-14-19(20,24-14)16(11)21/h6,9,13-15H,4-5,7-8H2,1-3H3/t13?,14-,15-,18-,19+,20+/m0/s1. The molecule has 3 fully saturated rings. The molecular weight excluding hydrogens is 320 g/mol. The minimum absolute atomic E-state index is 0.0411. The third kappa shape index (κ3) is 1.30. The molecule has 6 atom stereocenters. The Morgan fingerprint density at radius 1 is 1.24 bits per heavy atom. The molecule has 3 aliphatic heterocycles. The van der Waals surface area contributed by atoms with Crippen LogP contribution in [0.5, 0.6) is 0 Å². The van der Waals surface area contributed by atoms with E-state index in [4.69, 9.17) is 14.2 Å². The number of cyclic esters (lactones) is 1. The van der Waals surface area contributed by atoms with E-state index < -0.39 is 11.2 Å². The molecule has 3 aliphatic carbocycles. The van der Waals surface area contributed by atoms with E-state index in [1.165, 1.54) is 0 Å². The van der Waals surface area contributed by atoms with Crippen molar-refractivity contribution in [3.8, 4) is 0 Å². The van der Waals surface area contributed by atoms with Crippen molar-refractivity contribution >= 4 is 11.8 Å². The first-order chi connectivity index (χ1) is 11.9. The predicted octanol–water partition coefficient (Wildman–Crippen LogP) is 2.10. The molecule has 5 heteroatoms. The van der Waals surface area contributed by atoms with Crippen LogP contribution in [0.2, 0.25) is 0 Å². The second-order valence-electron chi connectivity index (χ2n) is 9.01. The van der Waals surface area contributed by atoms with Crippen molar-refractivity contribution in [3.63, 3.8) is 0 Å². The van der Waals surface area contributed by atoms with E-state index in [-0.39, 0.29) is 41.2 Å². The Labute approximate surface area is 146 Å². The molecule has 0 aromatic carbocycles. The number of esters is 1. The quantitative estimate of drug-likeness (QED) is 0.539. The highest BCUT2D eigenvalue weighted by Crippen LogP contribution is 2.77. The van der Waals surface area contributed by atoms with Gasteiger partial charge in [-0.3, -0.25) is 4.79 Å². The van der Waals surface area contributed by atoms with Crippen molar-refractivity contribution in [1.29, 1.82) is 0 Å². The summed E-state index contributed by atoms with van der Waals surface area (Å²) >= 11 is 0. The van der Waals surface area contributed by atoms with Gasteiger partial charge in [-0.05, 0) is 48.3 Å². The fourth-order valence-electron chi connectivity index (χ4n) is 6.53. The van der Waals surface area contributed by atoms with Crippen LogP contribution in [0.25, 0.3) is 0 Å². The zero-order valence-electron chi connectivity index (χ0n) is 14.8. The minimum atomic E-state index is -0.779. The molecule has 3 heterocycles. The van der Waals surface area contributed by atoms with Gasteiger partial charge in [-0.25, -0.2) is 4.79 Å². The van der Waals surface area contributed by atoms with Crippen LogP contribution in [0.1, 0.15) is 40.0 Å². The highest BCUT2D eigenvalue weighted by molar-refractivity contribution is 6.08. The van der Waals surface area contributed by atoms with Gasteiger partial charge in [0.25, 0.3) is 0 Å². The number of epoxide rings is 2. The van der Waals surface area contributed by atoms with Crippen molar-refractivity contribution in [1.82, 2.24) is 0 Å². The summed E-state index contributed by atoms with van der Waals surface area (Å²) in [6.45, 7) is 6.75. The molecule has 0 bridgehead atoms. The second kappa shape index (κ2) is 3.94. The molecule has 0 amide bonds. The first kappa shape index (κ1) is 14.7. The molecule has 6 aliphatic rings. The van der Waals surface area contributed by atoms with Gasteiger partial charge in [-0.1, -0.05) is 20.8 Å². The molecular formula is C20H22O5. The number of hydrogen-bond donors (Lipinski definition) is 0. The zero-order chi connectivity index (χ0) is 17.4. The summed E-state index contributed by atoms with van der Waals surface area (Å²) in [6, 6.07) is 0. The molecule has 132 valence electrons. The van der Waals surface area contributed by atoms with Crippen LogP contribution in [0.4, 0.5) is 0 Å². The van der Waals surface area contributed by atoms with Crippen LogP contribution < -0.4 is 0 Å². The molecule has 0 aromatic heterocycles. The third-order valence-corrected chi connectivity index (χ3v) is 7.86. The van der Waals surface area contributed by atoms with Gasteiger partial charge < -0.3 is 14.2 Å². The Bertz CT molecular complexity index is 822. The third-order valence-electron chi connectivity index (χ3n) is 7.86. The molecule has 2 saturated heterocycles. The van der Waals surface area contributed by atoms with Gasteiger partial charge in [0.05, 0.1) is 6.10 Å². The maximum absolute atomic E-state index is 13.3. The Kier molecular flexibility index (Phi) is 2.31. The Morgan fingerprint density at radius 2 is 2.04 bits per heavy atom. The fourth-order valence-corrected chi connectivity index (χ4v) is 6.53. The van der Waals surface area contributed by atoms with E-state index in [0.29, 0.717) is 13.0 Å². The largest absolute Gasteiger partial charge is 0.458 e. The van der Waals surface area contributed by atoms with Gasteiger partial charge in [-0.2, -0.15) is 0 Å². The van der Waals surface area contributed by atoms with Crippen molar-refractivity contribution in [2.45, 2.75) is 63.4 Å². The number of ether oxygens (including phenoxy) is 3. The molecule has 5 nitrogen and oxygen atoms in total. The molecule has 0 radical (unpaired) electrons. The topological polar surface area (TPSA) is 68.4 Å². The number of fused-ring (bicyclic) bond motifs is 2. The number of Topliss-reactive ketones (excluding diaryl/α,β-unsaturated/α-hetero) is 1. The van der Waals surface area contributed by atoms with Crippen LogP contribution in [0, 0.1) is 17.3 Å². The number of carbonyl (C=O) groups excluding carboxylic acids is 2. The van der Waals surface area contributed by atoms with Crippen molar-refractivity contribution < 1.29 is 23.8 Å². The lowest BCUT2D eigenvalue weighted by Gasteiger charge is -2.51. The first-order valence-electron chi connectivity index (χ1n) is 9.38. The van der Waals surface area contributed by atoms with Crippen molar-refractivity contribution in [2.24, 2.45) is 17.3 Å². The number of carbonyl (C=O) groups is 2. The maximum Gasteiger partial charge on any atom is 0.334 e. The average molecular weight is 342 g/mol. The number of ketones is 1. The Morgan fingerprint density at radius 3 is 2.80 bits per heavy atom. The molecule has 1 saturated carbocycles. The minimum Gasteiger partial charge on any atom is -0.458 e. The summed E-state index contributed by atoms with van der Waals surface area (Å²) in [7, 11) is 0. The van der Waals surface area contributed by atoms with Gasteiger partial charge in [-0.15, -0.1) is 0 Å². The molecule has 0 N–H and O–H groups in total. The van der Waals surface area contributed by atoms with Crippen molar-refractivity contribution in [2.75, 3.05) is 6.61 Å². The lowest BCUT2D eigenvalue weighted by Crippen LogP contribution is -2.63. The van der Waals surface area contributed by atoms with Crippen LogP contribution in [0.3, 0.4) is 0 Å². The SMILES string of the molecule is CC(C)C1=C[C@@H]2O[C@@]23[C@@]2(C)CCC4=C(COC4=O)C2C[C@@H]2O[C@@]23C1=O. The van der Waals surface area contributed by atoms with E-state index in [0.717, 1.165) is 29.6 Å². The van der Waals surface area contributed by atoms with Crippen LogP contribution >= 0.6 is 0 Å². The lowest BCUT2D eigenvalue weighted by molar-refractivity contribution is -0.136. The van der Waals surface area contributed by atoms with Gasteiger partial charge in [0.2, 0.25) is 0 Å². The molecule has 2 spiro atoms. The molecule has 25 heavy (non-hydrogen) atoms. The highest BCUT2D eigenvalue weighted by atomic mass is 16.7. The number of hydrogen-bond acceptors (Lipinski definition) is 5. The predicted molar refractivity (Wildman–Crippen MR) is 86.6 cm³/mol. The van der Waals surface area contributed by atoms with E-state index in [1.54, 1.807) is 0 Å². The van der Waals surface area contributed by atoms with E-state index in [1.807, 2.05) is 6.08 Å². The van der Waals surface area contributed by atoms with E-state index in [9.17, 15) is 9.59 Å². The zero-order valence-corrected chi connectivity index (χ0v) is 14.8. The molecule has 1 unspecified atom stereocenters. The highest BCUT2D eigenvalue weighted by Gasteiger charge is 2.92. The van der Waals surface area contributed by atoms with Crippen LogP contribution in [-0.2, 0) is 23.8 Å². The second-order valence-corrected chi connectivity index (χ2v) is 9.01. The molecule has 6 rings (SSSR count). The van der Waals surface area contributed by atoms with Crippen LogP contribution in [0.15, 0.2) is 22.8 Å². The Balaban J connectivity index is 1.51. The normalized spacial score (nSPS) is 51.8. The summed E-state index contributed by atoms with van der Waals surface area (Å²) < 4.78 is 17.8.